The maximum atomic E-state index is 13.5. The maximum absolute atomic E-state index is 13.5. The van der Waals surface area contributed by atoms with Crippen molar-refractivity contribution in [1.82, 2.24) is 5.32 Å². The van der Waals surface area contributed by atoms with Crippen LogP contribution in [0.25, 0.3) is 0 Å². The third kappa shape index (κ3) is 3.02. The summed E-state index contributed by atoms with van der Waals surface area (Å²) in [5.41, 5.74) is 1.83. The van der Waals surface area contributed by atoms with E-state index in [-0.39, 0.29) is 5.82 Å². The molecule has 1 heterocycles. The predicted molar refractivity (Wildman–Crippen MR) is 74.7 cm³/mol. The number of nitrogens with zero attached hydrogens (tertiary/aromatic N) is 1. The summed E-state index contributed by atoms with van der Waals surface area (Å²) in [4.78, 5) is 2.31. The van der Waals surface area contributed by atoms with Gasteiger partial charge >= 0.3 is 0 Å². The van der Waals surface area contributed by atoms with Gasteiger partial charge in [0.2, 0.25) is 0 Å². The molecule has 0 atom stereocenters. The first kappa shape index (κ1) is 13.3. The zero-order valence-electron chi connectivity index (χ0n) is 11.4. The van der Waals surface area contributed by atoms with E-state index in [1.54, 1.807) is 6.07 Å². The Hall–Kier alpha value is -1.09. The highest BCUT2D eigenvalue weighted by atomic mass is 19.1. The van der Waals surface area contributed by atoms with Gasteiger partial charge in [0, 0.05) is 30.4 Å². The number of nitrogens with one attached hydrogen (secondary N) is 1. The van der Waals surface area contributed by atoms with Gasteiger partial charge in [-0.25, -0.2) is 4.39 Å². The quantitative estimate of drug-likeness (QED) is 0.883. The van der Waals surface area contributed by atoms with Gasteiger partial charge in [0.05, 0.1) is 0 Å². The zero-order valence-corrected chi connectivity index (χ0v) is 11.4. The minimum absolute atomic E-state index is 0.0984. The second-order valence-electron chi connectivity index (χ2n) is 5.10. The van der Waals surface area contributed by atoms with Gasteiger partial charge in [-0.3, -0.25) is 0 Å². The number of piperidine rings is 1. The fraction of sp³-hybridized carbons (Fsp3) is 0.600. The average Bonchev–Trinajstić information content (AvgIpc) is 2.40. The molecule has 2 nitrogen and oxygen atoms in total. The van der Waals surface area contributed by atoms with Crippen LogP contribution in [0, 0.1) is 12.7 Å². The van der Waals surface area contributed by atoms with Crippen LogP contribution in [0.15, 0.2) is 18.2 Å². The SMILES string of the molecule is CCCNC1CCN(c2cccc(F)c2C)CC1. The van der Waals surface area contributed by atoms with Crippen LogP contribution in [-0.4, -0.2) is 25.7 Å². The van der Waals surface area contributed by atoms with E-state index >= 15 is 0 Å². The molecule has 0 amide bonds. The van der Waals surface area contributed by atoms with E-state index in [4.69, 9.17) is 0 Å². The molecule has 1 aromatic rings. The molecule has 0 spiro atoms. The van der Waals surface area contributed by atoms with Crippen molar-refractivity contribution in [3.63, 3.8) is 0 Å². The maximum Gasteiger partial charge on any atom is 0.128 e. The second-order valence-corrected chi connectivity index (χ2v) is 5.10. The van der Waals surface area contributed by atoms with E-state index in [2.05, 4.69) is 17.1 Å². The smallest absolute Gasteiger partial charge is 0.128 e. The summed E-state index contributed by atoms with van der Waals surface area (Å²) in [5, 5.41) is 3.57. The molecular formula is C15H23FN2. The van der Waals surface area contributed by atoms with Crippen LogP contribution in [0.3, 0.4) is 0 Å². The summed E-state index contributed by atoms with van der Waals surface area (Å²) < 4.78 is 13.5. The van der Waals surface area contributed by atoms with Gasteiger partial charge in [-0.15, -0.1) is 0 Å². The van der Waals surface area contributed by atoms with Crippen molar-refractivity contribution < 1.29 is 4.39 Å². The van der Waals surface area contributed by atoms with Crippen LogP contribution in [0.2, 0.25) is 0 Å². The Kier molecular flexibility index (Phi) is 4.59. The third-order valence-electron chi connectivity index (χ3n) is 3.76. The van der Waals surface area contributed by atoms with Crippen LogP contribution in [0.4, 0.5) is 10.1 Å². The molecule has 1 aromatic carbocycles. The zero-order chi connectivity index (χ0) is 13.0. The lowest BCUT2D eigenvalue weighted by atomic mass is 10.0. The first-order valence-electron chi connectivity index (χ1n) is 6.95. The number of hydrogen-bond donors (Lipinski definition) is 1. The van der Waals surface area contributed by atoms with Gasteiger partial charge in [0.15, 0.2) is 0 Å². The Morgan fingerprint density at radius 1 is 1.33 bits per heavy atom. The molecule has 3 heteroatoms. The monoisotopic (exact) mass is 250 g/mol. The lowest BCUT2D eigenvalue weighted by Gasteiger charge is -2.35. The molecule has 1 N–H and O–H groups in total. The third-order valence-corrected chi connectivity index (χ3v) is 3.76. The van der Waals surface area contributed by atoms with Crippen molar-refractivity contribution in [2.24, 2.45) is 0 Å². The Balaban J connectivity index is 1.95. The molecule has 1 aliphatic rings. The number of benzene rings is 1. The van der Waals surface area contributed by atoms with E-state index in [9.17, 15) is 4.39 Å². The van der Waals surface area contributed by atoms with E-state index in [1.807, 2.05) is 13.0 Å². The summed E-state index contributed by atoms with van der Waals surface area (Å²) >= 11 is 0. The molecule has 0 aromatic heterocycles. The summed E-state index contributed by atoms with van der Waals surface area (Å²) in [5.74, 6) is -0.0984. The van der Waals surface area contributed by atoms with Crippen molar-refractivity contribution in [3.05, 3.63) is 29.6 Å². The van der Waals surface area contributed by atoms with Gasteiger partial charge in [0.25, 0.3) is 0 Å². The first-order chi connectivity index (χ1) is 8.72. The Morgan fingerprint density at radius 2 is 2.06 bits per heavy atom. The van der Waals surface area contributed by atoms with Crippen LogP contribution < -0.4 is 10.2 Å². The Bertz CT molecular complexity index is 384. The molecule has 0 saturated carbocycles. The van der Waals surface area contributed by atoms with Crippen LogP contribution in [-0.2, 0) is 0 Å². The van der Waals surface area contributed by atoms with Crippen LogP contribution >= 0.6 is 0 Å². The Morgan fingerprint density at radius 3 is 2.72 bits per heavy atom. The average molecular weight is 250 g/mol. The van der Waals surface area contributed by atoms with E-state index in [0.717, 1.165) is 43.7 Å². The summed E-state index contributed by atoms with van der Waals surface area (Å²) in [6.45, 7) is 7.20. The number of rotatable bonds is 4. The lowest BCUT2D eigenvalue weighted by molar-refractivity contribution is 0.415. The summed E-state index contributed by atoms with van der Waals surface area (Å²) in [6, 6.07) is 6.00. The molecular weight excluding hydrogens is 227 g/mol. The fourth-order valence-corrected chi connectivity index (χ4v) is 2.61. The molecule has 0 radical (unpaired) electrons. The topological polar surface area (TPSA) is 15.3 Å². The standard InChI is InChI=1S/C15H23FN2/c1-3-9-17-13-7-10-18(11-8-13)15-6-4-5-14(16)12(15)2/h4-6,13,17H,3,7-11H2,1-2H3. The van der Waals surface area contributed by atoms with Crippen LogP contribution in [0.5, 0.6) is 0 Å². The highest BCUT2D eigenvalue weighted by molar-refractivity contribution is 5.53. The lowest BCUT2D eigenvalue weighted by Crippen LogP contribution is -2.43. The van der Waals surface area contributed by atoms with Crippen molar-refractivity contribution in [2.75, 3.05) is 24.5 Å². The summed E-state index contributed by atoms with van der Waals surface area (Å²) in [6.07, 6.45) is 3.48. The minimum atomic E-state index is -0.0984. The molecule has 2 rings (SSSR count). The number of anilines is 1. The van der Waals surface area contributed by atoms with Gasteiger partial charge in [-0.05, 0) is 44.9 Å². The molecule has 0 bridgehead atoms. The molecule has 1 aliphatic heterocycles. The number of halogens is 1. The highest BCUT2D eigenvalue weighted by Crippen LogP contribution is 2.25. The fourth-order valence-electron chi connectivity index (χ4n) is 2.61. The highest BCUT2D eigenvalue weighted by Gasteiger charge is 2.20. The largest absolute Gasteiger partial charge is 0.371 e. The van der Waals surface area contributed by atoms with E-state index in [0.29, 0.717) is 6.04 Å². The van der Waals surface area contributed by atoms with Gasteiger partial charge in [-0.1, -0.05) is 13.0 Å². The molecule has 18 heavy (non-hydrogen) atoms. The predicted octanol–water partition coefficient (Wildman–Crippen LogP) is 3.10. The van der Waals surface area contributed by atoms with Crippen LogP contribution in [0.1, 0.15) is 31.7 Å². The van der Waals surface area contributed by atoms with Crippen molar-refractivity contribution >= 4 is 5.69 Å². The van der Waals surface area contributed by atoms with Gasteiger partial charge in [0.1, 0.15) is 5.82 Å². The van der Waals surface area contributed by atoms with Gasteiger partial charge in [-0.2, -0.15) is 0 Å². The van der Waals surface area contributed by atoms with Crippen molar-refractivity contribution in [3.8, 4) is 0 Å². The first-order valence-corrected chi connectivity index (χ1v) is 6.95. The second kappa shape index (κ2) is 6.19. The van der Waals surface area contributed by atoms with E-state index < -0.39 is 0 Å². The molecule has 0 unspecified atom stereocenters. The number of hydrogen-bond acceptors (Lipinski definition) is 2. The van der Waals surface area contributed by atoms with Crippen molar-refractivity contribution in [1.29, 1.82) is 0 Å². The molecule has 0 aliphatic carbocycles. The molecule has 1 fully saturated rings. The molecule has 100 valence electrons. The normalized spacial score (nSPS) is 17.2. The minimum Gasteiger partial charge on any atom is -0.371 e. The van der Waals surface area contributed by atoms with E-state index in [1.165, 1.54) is 12.5 Å². The van der Waals surface area contributed by atoms with Crippen molar-refractivity contribution in [2.45, 2.75) is 39.2 Å². The molecule has 1 saturated heterocycles. The Labute approximate surface area is 109 Å². The van der Waals surface area contributed by atoms with Gasteiger partial charge < -0.3 is 10.2 Å². The summed E-state index contributed by atoms with van der Waals surface area (Å²) in [7, 11) is 0.